The molecule has 2 nitrogen and oxygen atoms in total. The van der Waals surface area contributed by atoms with E-state index in [1.165, 1.54) is 21.4 Å². The highest BCUT2D eigenvalue weighted by Gasteiger charge is 2.10. The van der Waals surface area contributed by atoms with E-state index in [2.05, 4.69) is 35.1 Å². The van der Waals surface area contributed by atoms with Gasteiger partial charge in [-0.1, -0.05) is 25.1 Å². The molecule has 0 amide bonds. The minimum absolute atomic E-state index is 0.991. The van der Waals surface area contributed by atoms with E-state index in [0.29, 0.717) is 0 Å². The van der Waals surface area contributed by atoms with Crippen LogP contribution in [0.25, 0.3) is 21.3 Å². The van der Waals surface area contributed by atoms with Crippen LogP contribution < -0.4 is 0 Å². The number of hydrogen-bond donors (Lipinski definition) is 0. The maximum atomic E-state index is 4.51. The molecular weight excluding hydrogens is 228 g/mol. The van der Waals surface area contributed by atoms with Gasteiger partial charge >= 0.3 is 0 Å². The van der Waals surface area contributed by atoms with Gasteiger partial charge in [-0.2, -0.15) is 0 Å². The molecule has 0 N–H and O–H groups in total. The van der Waals surface area contributed by atoms with E-state index in [4.69, 9.17) is 0 Å². The predicted molar refractivity (Wildman–Crippen MR) is 72.2 cm³/mol. The van der Waals surface area contributed by atoms with Gasteiger partial charge in [0.05, 0.1) is 15.9 Å². The van der Waals surface area contributed by atoms with Crippen molar-refractivity contribution in [3.63, 3.8) is 0 Å². The summed E-state index contributed by atoms with van der Waals surface area (Å²) in [5.74, 6) is 0. The van der Waals surface area contributed by atoms with Crippen LogP contribution in [-0.2, 0) is 6.42 Å². The van der Waals surface area contributed by atoms with Crippen molar-refractivity contribution in [1.82, 2.24) is 9.97 Å². The zero-order valence-corrected chi connectivity index (χ0v) is 10.4. The third-order valence-electron chi connectivity index (χ3n) is 2.91. The van der Waals surface area contributed by atoms with Crippen molar-refractivity contribution >= 4 is 22.2 Å². The van der Waals surface area contributed by atoms with Crippen molar-refractivity contribution in [2.75, 3.05) is 0 Å². The Labute approximate surface area is 104 Å². The Hall–Kier alpha value is -1.74. The smallest absolute Gasteiger partial charge is 0.0797 e. The second-order valence-electron chi connectivity index (χ2n) is 3.89. The van der Waals surface area contributed by atoms with Crippen molar-refractivity contribution in [2.45, 2.75) is 13.3 Å². The normalized spacial score (nSPS) is 10.9. The van der Waals surface area contributed by atoms with Crippen molar-refractivity contribution in [2.24, 2.45) is 0 Å². The Morgan fingerprint density at radius 2 is 2.06 bits per heavy atom. The summed E-state index contributed by atoms with van der Waals surface area (Å²) in [6.45, 7) is 2.16. The Bertz CT molecular complexity index is 644. The first-order chi connectivity index (χ1) is 8.40. The van der Waals surface area contributed by atoms with Crippen LogP contribution in [0.1, 0.15) is 12.5 Å². The standard InChI is InChI=1S/C14H12N2S/c1-2-10-7-16-12-6-4-3-5-11(12)14(10)13-8-15-9-17-13/h3-9H,2H2,1H3. The van der Waals surface area contributed by atoms with E-state index in [1.807, 2.05) is 24.0 Å². The zero-order valence-electron chi connectivity index (χ0n) is 9.55. The van der Waals surface area contributed by atoms with Gasteiger partial charge in [-0.15, -0.1) is 11.3 Å². The molecule has 0 saturated carbocycles. The van der Waals surface area contributed by atoms with Crippen LogP contribution in [0.5, 0.6) is 0 Å². The molecule has 3 heteroatoms. The molecule has 0 unspecified atom stereocenters. The molecule has 0 aliphatic carbocycles. The monoisotopic (exact) mass is 240 g/mol. The summed E-state index contributed by atoms with van der Waals surface area (Å²) in [6, 6.07) is 8.28. The molecule has 3 aromatic rings. The average molecular weight is 240 g/mol. The number of thiazole rings is 1. The quantitative estimate of drug-likeness (QED) is 0.678. The van der Waals surface area contributed by atoms with E-state index in [0.717, 1.165) is 11.9 Å². The van der Waals surface area contributed by atoms with Gasteiger partial charge in [0.15, 0.2) is 0 Å². The fraction of sp³-hybridized carbons (Fsp3) is 0.143. The van der Waals surface area contributed by atoms with Gasteiger partial charge in [-0.05, 0) is 18.1 Å². The van der Waals surface area contributed by atoms with Crippen molar-refractivity contribution < 1.29 is 0 Å². The first-order valence-electron chi connectivity index (χ1n) is 5.65. The number of aryl methyl sites for hydroxylation is 1. The summed E-state index contributed by atoms with van der Waals surface area (Å²) in [5, 5.41) is 1.22. The molecule has 1 aromatic carbocycles. The van der Waals surface area contributed by atoms with Gasteiger partial charge in [0.2, 0.25) is 0 Å². The highest BCUT2D eigenvalue weighted by atomic mass is 32.1. The van der Waals surface area contributed by atoms with Gasteiger partial charge in [0.1, 0.15) is 0 Å². The lowest BCUT2D eigenvalue weighted by atomic mass is 10.0. The van der Waals surface area contributed by atoms with Gasteiger partial charge in [-0.25, -0.2) is 0 Å². The summed E-state index contributed by atoms with van der Waals surface area (Å²) in [6.07, 6.45) is 4.91. The molecule has 0 aliphatic rings. The van der Waals surface area contributed by atoms with Gasteiger partial charge in [0.25, 0.3) is 0 Å². The molecule has 0 bridgehead atoms. The fourth-order valence-electron chi connectivity index (χ4n) is 2.08. The minimum atomic E-state index is 0.991. The molecule has 3 rings (SSSR count). The third kappa shape index (κ3) is 1.72. The zero-order chi connectivity index (χ0) is 11.7. The minimum Gasteiger partial charge on any atom is -0.256 e. The first kappa shape index (κ1) is 10.4. The van der Waals surface area contributed by atoms with Crippen LogP contribution in [0.15, 0.2) is 42.2 Å². The topological polar surface area (TPSA) is 25.8 Å². The number of aromatic nitrogens is 2. The SMILES string of the molecule is CCc1cnc2ccccc2c1-c1cncs1. The average Bonchev–Trinajstić information content (AvgIpc) is 2.91. The first-order valence-corrected chi connectivity index (χ1v) is 6.53. The van der Waals surface area contributed by atoms with Crippen LogP contribution >= 0.6 is 11.3 Å². The van der Waals surface area contributed by atoms with E-state index in [9.17, 15) is 0 Å². The van der Waals surface area contributed by atoms with Crippen molar-refractivity contribution in [3.8, 4) is 10.4 Å². The number of para-hydroxylation sites is 1. The molecular formula is C14H12N2S. The van der Waals surface area contributed by atoms with E-state index in [-0.39, 0.29) is 0 Å². The molecule has 0 radical (unpaired) electrons. The summed E-state index contributed by atoms with van der Waals surface area (Å²) >= 11 is 1.68. The van der Waals surface area contributed by atoms with Gasteiger partial charge < -0.3 is 0 Å². The van der Waals surface area contributed by atoms with Gasteiger partial charge in [-0.3, -0.25) is 9.97 Å². The second-order valence-corrected chi connectivity index (χ2v) is 4.78. The van der Waals surface area contributed by atoms with Crippen LogP contribution in [0.3, 0.4) is 0 Å². The summed E-state index contributed by atoms with van der Waals surface area (Å²) in [4.78, 5) is 9.91. The summed E-state index contributed by atoms with van der Waals surface area (Å²) in [7, 11) is 0. The lowest BCUT2D eigenvalue weighted by molar-refractivity contribution is 1.12. The Morgan fingerprint density at radius 1 is 1.18 bits per heavy atom. The van der Waals surface area contributed by atoms with Crippen LogP contribution in [0.4, 0.5) is 0 Å². The predicted octanol–water partition coefficient (Wildman–Crippen LogP) is 3.92. The van der Waals surface area contributed by atoms with Crippen molar-refractivity contribution in [3.05, 3.63) is 47.7 Å². The molecule has 0 spiro atoms. The molecule has 0 fully saturated rings. The molecule has 0 atom stereocenters. The Morgan fingerprint density at radius 3 is 2.82 bits per heavy atom. The Balaban J connectivity index is 2.39. The maximum absolute atomic E-state index is 4.51. The second kappa shape index (κ2) is 4.26. The highest BCUT2D eigenvalue weighted by molar-refractivity contribution is 7.13. The Kier molecular flexibility index (Phi) is 2.61. The van der Waals surface area contributed by atoms with Crippen molar-refractivity contribution in [1.29, 1.82) is 0 Å². The lowest BCUT2D eigenvalue weighted by Crippen LogP contribution is -1.90. The largest absolute Gasteiger partial charge is 0.256 e. The highest BCUT2D eigenvalue weighted by Crippen LogP contribution is 2.33. The lowest BCUT2D eigenvalue weighted by Gasteiger charge is -2.09. The maximum Gasteiger partial charge on any atom is 0.0797 e. The molecule has 17 heavy (non-hydrogen) atoms. The van der Waals surface area contributed by atoms with Crippen LogP contribution in [0, 0.1) is 0 Å². The van der Waals surface area contributed by atoms with E-state index < -0.39 is 0 Å². The number of rotatable bonds is 2. The number of benzene rings is 1. The fourth-order valence-corrected chi connectivity index (χ4v) is 2.80. The van der Waals surface area contributed by atoms with Gasteiger partial charge in [0, 0.05) is 23.3 Å². The third-order valence-corrected chi connectivity index (χ3v) is 3.70. The van der Waals surface area contributed by atoms with Crippen LogP contribution in [-0.4, -0.2) is 9.97 Å². The van der Waals surface area contributed by atoms with Crippen LogP contribution in [0.2, 0.25) is 0 Å². The summed E-state index contributed by atoms with van der Waals surface area (Å²) in [5.41, 5.74) is 5.51. The number of hydrogen-bond acceptors (Lipinski definition) is 3. The molecule has 84 valence electrons. The molecule has 0 aliphatic heterocycles. The number of fused-ring (bicyclic) bond motifs is 1. The number of pyridine rings is 1. The molecule has 2 aromatic heterocycles. The van der Waals surface area contributed by atoms with E-state index >= 15 is 0 Å². The number of nitrogens with zero attached hydrogens (tertiary/aromatic N) is 2. The van der Waals surface area contributed by atoms with E-state index in [1.54, 1.807) is 11.3 Å². The summed E-state index contributed by atoms with van der Waals surface area (Å²) < 4.78 is 0. The molecule has 0 saturated heterocycles. The molecule has 2 heterocycles.